The summed E-state index contributed by atoms with van der Waals surface area (Å²) < 4.78 is 1.60. The van der Waals surface area contributed by atoms with Gasteiger partial charge in [0, 0.05) is 18.6 Å². The van der Waals surface area contributed by atoms with E-state index in [1.807, 2.05) is 0 Å². The third kappa shape index (κ3) is 1.17. The van der Waals surface area contributed by atoms with Gasteiger partial charge in [-0.15, -0.1) is 0 Å². The largest absolute Gasteiger partial charge is 0.296 e. The van der Waals surface area contributed by atoms with Gasteiger partial charge in [0.2, 0.25) is 11.6 Å². The number of fused-ring (bicyclic) bond motifs is 4. The van der Waals surface area contributed by atoms with E-state index in [0.717, 1.165) is 0 Å². The maximum absolute atomic E-state index is 12.4. The number of pyridine rings is 1. The van der Waals surface area contributed by atoms with Gasteiger partial charge in [0.05, 0.1) is 0 Å². The molecule has 0 amide bonds. The molecular formula is C13H6N4O2. The van der Waals surface area contributed by atoms with E-state index in [-0.39, 0.29) is 34.3 Å². The van der Waals surface area contributed by atoms with Crippen molar-refractivity contribution in [2.24, 2.45) is 0 Å². The Labute approximate surface area is 106 Å². The van der Waals surface area contributed by atoms with Gasteiger partial charge in [0.1, 0.15) is 28.4 Å². The summed E-state index contributed by atoms with van der Waals surface area (Å²) in [4.78, 5) is 36.8. The van der Waals surface area contributed by atoms with Gasteiger partial charge in [-0.25, -0.2) is 15.0 Å². The maximum Gasteiger partial charge on any atom is 0.234 e. The predicted octanol–water partition coefficient (Wildman–Crippen LogP) is 0.900. The number of nitrogens with zero attached hydrogens (tertiary/aromatic N) is 4. The van der Waals surface area contributed by atoms with Crippen LogP contribution in [0.1, 0.15) is 32.4 Å². The van der Waals surface area contributed by atoms with Gasteiger partial charge in [0.15, 0.2) is 0 Å². The number of ketones is 2. The van der Waals surface area contributed by atoms with Crippen molar-refractivity contribution < 1.29 is 9.59 Å². The molecule has 0 aromatic carbocycles. The third-order valence-corrected chi connectivity index (χ3v) is 3.09. The van der Waals surface area contributed by atoms with Crippen LogP contribution in [0, 0.1) is 0 Å². The minimum absolute atomic E-state index is 0.0726. The Hall–Kier alpha value is -2.89. The van der Waals surface area contributed by atoms with Crippen LogP contribution in [0.3, 0.4) is 0 Å². The molecule has 0 bridgehead atoms. The number of carbonyl (C=O) groups is 2. The zero-order valence-electron chi connectivity index (χ0n) is 9.57. The highest BCUT2D eigenvalue weighted by molar-refractivity contribution is 6.25. The first-order valence-corrected chi connectivity index (χ1v) is 5.65. The van der Waals surface area contributed by atoms with Gasteiger partial charge in [-0.3, -0.25) is 14.0 Å². The van der Waals surface area contributed by atoms with Gasteiger partial charge in [0.25, 0.3) is 0 Å². The predicted molar refractivity (Wildman–Crippen MR) is 64.1 cm³/mol. The molecule has 0 radical (unpaired) electrons. The van der Waals surface area contributed by atoms with E-state index in [1.165, 1.54) is 12.4 Å². The lowest BCUT2D eigenvalue weighted by Gasteiger charge is -2.11. The molecule has 3 aromatic rings. The molecule has 0 saturated heterocycles. The molecule has 0 fully saturated rings. The van der Waals surface area contributed by atoms with Crippen molar-refractivity contribution in [1.82, 2.24) is 19.4 Å². The van der Waals surface area contributed by atoms with Crippen LogP contribution in [0.15, 0.2) is 36.8 Å². The Morgan fingerprint density at radius 1 is 0.895 bits per heavy atom. The number of imidazole rings is 1. The molecule has 0 atom stereocenters. The van der Waals surface area contributed by atoms with Crippen molar-refractivity contribution >= 4 is 17.2 Å². The highest BCUT2D eigenvalue weighted by Crippen LogP contribution is 2.24. The summed E-state index contributed by atoms with van der Waals surface area (Å²) in [6.07, 6.45) is 4.50. The minimum atomic E-state index is -0.360. The molecule has 0 saturated carbocycles. The van der Waals surface area contributed by atoms with Gasteiger partial charge in [-0.2, -0.15) is 0 Å². The van der Waals surface area contributed by atoms with E-state index in [9.17, 15) is 9.59 Å². The lowest BCUT2D eigenvalue weighted by molar-refractivity contribution is 0.0965. The Balaban J connectivity index is 2.14. The summed E-state index contributed by atoms with van der Waals surface area (Å²) in [5.41, 5.74) is 1.12. The summed E-state index contributed by atoms with van der Waals surface area (Å²) in [7, 11) is 0. The highest BCUT2D eigenvalue weighted by atomic mass is 16.1. The number of carbonyl (C=O) groups excluding carboxylic acids is 2. The molecule has 0 N–H and O–H groups in total. The standard InChI is InChI=1S/C13H6N4O2/c18-12-8-9(15-5-4-14-8)13(19)11-10(12)16-7-3-1-2-6-17(7)11/h1-6H. The first-order valence-electron chi connectivity index (χ1n) is 5.65. The summed E-state index contributed by atoms with van der Waals surface area (Å²) >= 11 is 0. The lowest BCUT2D eigenvalue weighted by Crippen LogP contribution is -2.24. The van der Waals surface area contributed by atoms with Gasteiger partial charge in [-0.1, -0.05) is 6.07 Å². The van der Waals surface area contributed by atoms with Crippen LogP contribution in [-0.2, 0) is 0 Å². The fraction of sp³-hybridized carbons (Fsp3) is 0. The fourth-order valence-corrected chi connectivity index (χ4v) is 2.27. The van der Waals surface area contributed by atoms with Crippen molar-refractivity contribution in [3.63, 3.8) is 0 Å². The molecule has 6 nitrogen and oxygen atoms in total. The zero-order valence-corrected chi connectivity index (χ0v) is 9.57. The molecule has 0 aliphatic heterocycles. The summed E-state index contributed by atoms with van der Waals surface area (Å²) in [5.74, 6) is -0.683. The normalized spacial score (nSPS) is 13.5. The second-order valence-corrected chi connectivity index (χ2v) is 4.15. The van der Waals surface area contributed by atoms with Crippen LogP contribution in [0.25, 0.3) is 5.65 Å². The van der Waals surface area contributed by atoms with Crippen LogP contribution in [0.2, 0.25) is 0 Å². The van der Waals surface area contributed by atoms with E-state index in [1.54, 1.807) is 28.8 Å². The molecular weight excluding hydrogens is 244 g/mol. The first kappa shape index (κ1) is 10.1. The molecule has 3 heterocycles. The smallest absolute Gasteiger partial charge is 0.234 e. The van der Waals surface area contributed by atoms with E-state index in [4.69, 9.17) is 0 Å². The molecule has 90 valence electrons. The van der Waals surface area contributed by atoms with E-state index >= 15 is 0 Å². The number of aromatic nitrogens is 4. The van der Waals surface area contributed by atoms with Gasteiger partial charge >= 0.3 is 0 Å². The van der Waals surface area contributed by atoms with E-state index in [2.05, 4.69) is 15.0 Å². The summed E-state index contributed by atoms with van der Waals surface area (Å²) in [5, 5.41) is 0. The monoisotopic (exact) mass is 250 g/mol. The summed E-state index contributed by atoms with van der Waals surface area (Å²) in [6.45, 7) is 0. The third-order valence-electron chi connectivity index (χ3n) is 3.09. The molecule has 4 rings (SSSR count). The molecule has 1 aliphatic rings. The molecule has 0 unspecified atom stereocenters. The Morgan fingerprint density at radius 3 is 2.42 bits per heavy atom. The van der Waals surface area contributed by atoms with Crippen molar-refractivity contribution in [2.75, 3.05) is 0 Å². The molecule has 0 spiro atoms. The number of rotatable bonds is 0. The van der Waals surface area contributed by atoms with Crippen LogP contribution in [-0.4, -0.2) is 30.9 Å². The van der Waals surface area contributed by atoms with Gasteiger partial charge in [-0.05, 0) is 12.1 Å². The average Bonchev–Trinajstić information content (AvgIpc) is 2.84. The first-order chi connectivity index (χ1) is 9.27. The van der Waals surface area contributed by atoms with Crippen LogP contribution in [0.4, 0.5) is 0 Å². The second kappa shape index (κ2) is 3.32. The average molecular weight is 250 g/mol. The quantitative estimate of drug-likeness (QED) is 0.463. The second-order valence-electron chi connectivity index (χ2n) is 4.15. The van der Waals surface area contributed by atoms with Crippen molar-refractivity contribution in [2.45, 2.75) is 0 Å². The lowest BCUT2D eigenvalue weighted by atomic mass is 9.98. The fourth-order valence-electron chi connectivity index (χ4n) is 2.27. The molecule has 1 aliphatic carbocycles. The highest BCUT2D eigenvalue weighted by Gasteiger charge is 2.36. The van der Waals surface area contributed by atoms with Crippen molar-refractivity contribution in [3.05, 3.63) is 59.6 Å². The minimum Gasteiger partial charge on any atom is -0.296 e. The molecule has 3 aromatic heterocycles. The van der Waals surface area contributed by atoms with Gasteiger partial charge < -0.3 is 0 Å². The maximum atomic E-state index is 12.4. The Morgan fingerprint density at radius 2 is 1.63 bits per heavy atom. The van der Waals surface area contributed by atoms with Crippen molar-refractivity contribution in [3.8, 4) is 0 Å². The van der Waals surface area contributed by atoms with E-state index in [0.29, 0.717) is 5.65 Å². The Kier molecular flexibility index (Phi) is 1.76. The van der Waals surface area contributed by atoms with Crippen molar-refractivity contribution in [1.29, 1.82) is 0 Å². The van der Waals surface area contributed by atoms with E-state index < -0.39 is 0 Å². The summed E-state index contributed by atoms with van der Waals surface area (Å²) in [6, 6.07) is 5.32. The SMILES string of the molecule is O=C1c2nccnc2C(=O)c2c1nc1ccccn21. The number of hydrogen-bond donors (Lipinski definition) is 0. The zero-order chi connectivity index (χ0) is 13.0. The number of hydrogen-bond acceptors (Lipinski definition) is 5. The van der Waals surface area contributed by atoms with Crippen LogP contribution in [0.5, 0.6) is 0 Å². The Bertz CT molecular complexity index is 866. The van der Waals surface area contributed by atoms with Crippen LogP contribution < -0.4 is 0 Å². The topological polar surface area (TPSA) is 77.2 Å². The van der Waals surface area contributed by atoms with Crippen LogP contribution >= 0.6 is 0 Å². The molecule has 19 heavy (non-hydrogen) atoms. The molecule has 6 heteroatoms.